The van der Waals surface area contributed by atoms with E-state index in [1.54, 1.807) is 12.3 Å². The lowest BCUT2D eigenvalue weighted by atomic mass is 9.88. The van der Waals surface area contributed by atoms with E-state index in [2.05, 4.69) is 18.8 Å². The van der Waals surface area contributed by atoms with Crippen molar-refractivity contribution in [2.24, 2.45) is 11.8 Å². The number of piperidine rings is 1. The first-order valence-electron chi connectivity index (χ1n) is 5.98. The van der Waals surface area contributed by atoms with Gasteiger partial charge < -0.3 is 4.90 Å². The summed E-state index contributed by atoms with van der Waals surface area (Å²) in [6.45, 7) is 6.08. The van der Waals surface area contributed by atoms with E-state index in [1.165, 1.54) is 6.20 Å². The average Bonchev–Trinajstić information content (AvgIpc) is 2.32. The number of carbonyl (C=O) groups excluding carboxylic acids is 1. The number of nitrogens with zero attached hydrogens (tertiary/aromatic N) is 2. The molecule has 1 amide bonds. The number of hydrogen-bond acceptors (Lipinski definition) is 2. The van der Waals surface area contributed by atoms with Crippen molar-refractivity contribution in [3.8, 4) is 0 Å². The highest BCUT2D eigenvalue weighted by Crippen LogP contribution is 2.25. The van der Waals surface area contributed by atoms with E-state index >= 15 is 0 Å². The van der Waals surface area contributed by atoms with Crippen molar-refractivity contribution in [2.45, 2.75) is 20.3 Å². The highest BCUT2D eigenvalue weighted by atomic mass is 35.5. The fraction of sp³-hybridized carbons (Fsp3) is 0.538. The van der Waals surface area contributed by atoms with Gasteiger partial charge in [0, 0.05) is 25.5 Å². The van der Waals surface area contributed by atoms with E-state index in [-0.39, 0.29) is 5.91 Å². The Morgan fingerprint density at radius 1 is 1.47 bits per heavy atom. The second-order valence-electron chi connectivity index (χ2n) is 4.85. The van der Waals surface area contributed by atoms with E-state index < -0.39 is 0 Å². The first kappa shape index (κ1) is 12.4. The van der Waals surface area contributed by atoms with Gasteiger partial charge in [-0.1, -0.05) is 25.4 Å². The fourth-order valence-corrected chi connectivity index (χ4v) is 2.37. The molecule has 2 atom stereocenters. The minimum atomic E-state index is 0.0242. The minimum absolute atomic E-state index is 0.0242. The summed E-state index contributed by atoms with van der Waals surface area (Å²) in [7, 11) is 0. The molecule has 0 spiro atoms. The quantitative estimate of drug-likeness (QED) is 0.770. The summed E-state index contributed by atoms with van der Waals surface area (Å²) < 4.78 is 0. The molecule has 3 nitrogen and oxygen atoms in total. The van der Waals surface area contributed by atoms with Gasteiger partial charge in [0.05, 0.1) is 10.6 Å². The Hall–Kier alpha value is -1.09. The summed E-state index contributed by atoms with van der Waals surface area (Å²) in [4.78, 5) is 18.1. The molecule has 0 aliphatic carbocycles. The Balaban J connectivity index is 2.14. The summed E-state index contributed by atoms with van der Waals surface area (Å²) in [5, 5.41) is 0.434. The number of pyridine rings is 1. The molecule has 17 heavy (non-hydrogen) atoms. The summed E-state index contributed by atoms with van der Waals surface area (Å²) in [5.41, 5.74) is 0.559. The van der Waals surface area contributed by atoms with Gasteiger partial charge >= 0.3 is 0 Å². The SMILES string of the molecule is CC1CCN(C(=O)c2ccncc2Cl)CC1C. The second-order valence-corrected chi connectivity index (χ2v) is 5.26. The van der Waals surface area contributed by atoms with Gasteiger partial charge in [0.2, 0.25) is 0 Å². The fourth-order valence-electron chi connectivity index (χ4n) is 2.17. The van der Waals surface area contributed by atoms with Gasteiger partial charge in [-0.05, 0) is 24.3 Å². The van der Waals surface area contributed by atoms with Crippen molar-refractivity contribution in [1.29, 1.82) is 0 Å². The van der Waals surface area contributed by atoms with E-state index in [0.717, 1.165) is 19.5 Å². The lowest BCUT2D eigenvalue weighted by Gasteiger charge is -2.35. The largest absolute Gasteiger partial charge is 0.338 e. The molecule has 1 aliphatic heterocycles. The maximum absolute atomic E-state index is 12.3. The number of aromatic nitrogens is 1. The van der Waals surface area contributed by atoms with Crippen LogP contribution in [0.15, 0.2) is 18.5 Å². The Morgan fingerprint density at radius 2 is 2.24 bits per heavy atom. The van der Waals surface area contributed by atoms with Crippen LogP contribution in [0.1, 0.15) is 30.6 Å². The van der Waals surface area contributed by atoms with E-state index in [0.29, 0.717) is 22.4 Å². The molecule has 4 heteroatoms. The zero-order valence-corrected chi connectivity index (χ0v) is 10.9. The van der Waals surface area contributed by atoms with Crippen LogP contribution in [0, 0.1) is 11.8 Å². The van der Waals surface area contributed by atoms with Crippen LogP contribution in [0.4, 0.5) is 0 Å². The van der Waals surface area contributed by atoms with Crippen molar-refractivity contribution < 1.29 is 4.79 Å². The molecule has 0 aromatic carbocycles. The van der Waals surface area contributed by atoms with E-state index in [9.17, 15) is 4.79 Å². The predicted molar refractivity (Wildman–Crippen MR) is 68.1 cm³/mol. The molecule has 1 aromatic heterocycles. The Kier molecular flexibility index (Phi) is 3.67. The lowest BCUT2D eigenvalue weighted by Crippen LogP contribution is -2.42. The molecular weight excluding hydrogens is 236 g/mol. The number of amides is 1. The average molecular weight is 253 g/mol. The predicted octanol–water partition coefficient (Wildman–Crippen LogP) is 2.85. The standard InChI is InChI=1S/C13H17ClN2O/c1-9-4-6-16(8-10(9)2)13(17)11-3-5-15-7-12(11)14/h3,5,7,9-10H,4,6,8H2,1-2H3. The van der Waals surface area contributed by atoms with Gasteiger partial charge in [-0.3, -0.25) is 9.78 Å². The Morgan fingerprint density at radius 3 is 2.88 bits per heavy atom. The van der Waals surface area contributed by atoms with Gasteiger partial charge in [-0.15, -0.1) is 0 Å². The molecule has 2 heterocycles. The molecule has 0 bridgehead atoms. The monoisotopic (exact) mass is 252 g/mol. The molecule has 0 N–H and O–H groups in total. The number of likely N-dealkylation sites (tertiary alicyclic amines) is 1. The van der Waals surface area contributed by atoms with Gasteiger partial charge in [-0.2, -0.15) is 0 Å². The molecule has 1 fully saturated rings. The molecule has 92 valence electrons. The third-order valence-corrected chi connectivity index (χ3v) is 3.93. The van der Waals surface area contributed by atoms with Crippen LogP contribution in [0.5, 0.6) is 0 Å². The molecule has 2 unspecified atom stereocenters. The van der Waals surface area contributed by atoms with Gasteiger partial charge in [0.1, 0.15) is 0 Å². The van der Waals surface area contributed by atoms with Crippen LogP contribution >= 0.6 is 11.6 Å². The summed E-state index contributed by atoms with van der Waals surface area (Å²) in [6.07, 6.45) is 4.19. The third-order valence-electron chi connectivity index (χ3n) is 3.62. The van der Waals surface area contributed by atoms with Crippen molar-refractivity contribution >= 4 is 17.5 Å². The topological polar surface area (TPSA) is 33.2 Å². The number of carbonyl (C=O) groups is 1. The van der Waals surface area contributed by atoms with Crippen molar-refractivity contribution in [2.75, 3.05) is 13.1 Å². The Labute approximate surface area is 107 Å². The normalized spacial score (nSPS) is 24.8. The summed E-state index contributed by atoms with van der Waals surface area (Å²) in [5.74, 6) is 1.26. The van der Waals surface area contributed by atoms with Gasteiger partial charge in [-0.25, -0.2) is 0 Å². The van der Waals surface area contributed by atoms with Crippen LogP contribution in [-0.2, 0) is 0 Å². The van der Waals surface area contributed by atoms with Crippen LogP contribution in [-0.4, -0.2) is 28.9 Å². The zero-order valence-electron chi connectivity index (χ0n) is 10.2. The maximum Gasteiger partial charge on any atom is 0.255 e. The third kappa shape index (κ3) is 2.60. The molecular formula is C13H17ClN2O. The van der Waals surface area contributed by atoms with Crippen LogP contribution < -0.4 is 0 Å². The second kappa shape index (κ2) is 5.05. The molecule has 1 aliphatic rings. The minimum Gasteiger partial charge on any atom is -0.338 e. The van der Waals surface area contributed by atoms with Gasteiger partial charge in [0.15, 0.2) is 0 Å². The first-order chi connectivity index (χ1) is 8.09. The highest BCUT2D eigenvalue weighted by Gasteiger charge is 2.27. The maximum atomic E-state index is 12.3. The highest BCUT2D eigenvalue weighted by molar-refractivity contribution is 6.33. The molecule has 2 rings (SSSR count). The van der Waals surface area contributed by atoms with Crippen molar-refractivity contribution in [1.82, 2.24) is 9.88 Å². The first-order valence-corrected chi connectivity index (χ1v) is 6.36. The molecule has 1 aromatic rings. The molecule has 0 saturated carbocycles. The summed E-state index contributed by atoms with van der Waals surface area (Å²) >= 11 is 5.99. The Bertz CT molecular complexity index is 422. The smallest absolute Gasteiger partial charge is 0.255 e. The number of halogens is 1. The number of rotatable bonds is 1. The van der Waals surface area contributed by atoms with Crippen LogP contribution in [0.2, 0.25) is 5.02 Å². The van der Waals surface area contributed by atoms with Crippen molar-refractivity contribution in [3.63, 3.8) is 0 Å². The lowest BCUT2D eigenvalue weighted by molar-refractivity contribution is 0.0627. The van der Waals surface area contributed by atoms with Crippen LogP contribution in [0.3, 0.4) is 0 Å². The molecule has 0 radical (unpaired) electrons. The zero-order chi connectivity index (χ0) is 12.4. The van der Waals surface area contributed by atoms with E-state index in [1.807, 2.05) is 4.90 Å². The number of hydrogen-bond donors (Lipinski definition) is 0. The molecule has 1 saturated heterocycles. The summed E-state index contributed by atoms with van der Waals surface area (Å²) in [6, 6.07) is 1.69. The van der Waals surface area contributed by atoms with E-state index in [4.69, 9.17) is 11.6 Å². The van der Waals surface area contributed by atoms with Gasteiger partial charge in [0.25, 0.3) is 5.91 Å². The van der Waals surface area contributed by atoms with Crippen LogP contribution in [0.25, 0.3) is 0 Å². The van der Waals surface area contributed by atoms with Crippen molar-refractivity contribution in [3.05, 3.63) is 29.0 Å².